The van der Waals surface area contributed by atoms with Crippen molar-refractivity contribution in [3.05, 3.63) is 136 Å². The van der Waals surface area contributed by atoms with Crippen molar-refractivity contribution in [3.8, 4) is 11.5 Å². The number of aromatic amines is 1. The third-order valence-corrected chi connectivity index (χ3v) is 7.56. The quantitative estimate of drug-likeness (QED) is 0.100. The maximum atomic E-state index is 14.9. The number of amides is 2. The molecule has 9 nitrogen and oxygen atoms in total. The van der Waals surface area contributed by atoms with Crippen LogP contribution in [0.5, 0.6) is 11.5 Å². The number of hydrogen-bond donors (Lipinski definition) is 5. The minimum atomic E-state index is -3.32. The lowest BCUT2D eigenvalue weighted by Gasteiger charge is -2.20. The van der Waals surface area contributed by atoms with Gasteiger partial charge in [-0.3, -0.25) is 4.79 Å². The zero-order valence-corrected chi connectivity index (χ0v) is 25.7. The number of carbonyl (C=O) groups excluding carboxylic acids is 1. The molecule has 0 radical (unpaired) electrons. The van der Waals surface area contributed by atoms with E-state index in [1.165, 1.54) is 24.3 Å². The van der Waals surface area contributed by atoms with Gasteiger partial charge in [0.2, 0.25) is 5.56 Å². The normalized spacial score (nSPS) is 12.8. The van der Waals surface area contributed by atoms with Gasteiger partial charge in [-0.25, -0.2) is 4.79 Å². The van der Waals surface area contributed by atoms with Gasteiger partial charge in [-0.2, -0.15) is 8.78 Å². The Balaban J connectivity index is 1.18. The number of urea groups is 1. The summed E-state index contributed by atoms with van der Waals surface area (Å²) in [6, 6.07) is 27.6. The molecular weight excluding hydrogens is 606 g/mol. The zero-order valence-electron chi connectivity index (χ0n) is 25.7. The third kappa shape index (κ3) is 8.93. The van der Waals surface area contributed by atoms with Crippen LogP contribution in [-0.2, 0) is 19.0 Å². The molecule has 0 aliphatic heterocycles. The van der Waals surface area contributed by atoms with Crippen LogP contribution in [0.3, 0.4) is 0 Å². The molecular formula is C36H36F2N4O5. The molecule has 1 heterocycles. The number of hydrogen-bond acceptors (Lipinski definition) is 6. The lowest BCUT2D eigenvalue weighted by Crippen LogP contribution is -2.32. The molecule has 1 aromatic heterocycles. The number of primary amides is 1. The molecule has 0 aliphatic carbocycles. The standard InChI is InChI=1S/C36H36F2N4O5/c1-23(17-25-9-5-12-28(18-25)47-22-36(37,38)26-10-6-11-27(19-26)41-35(39)45)40-20-31(43)29-13-15-32(34-30(29)14-16-33(44)42-34)46-21-24-7-3-2-4-8-24/h2-16,18-19,23,31,40,43H,17,20-22H2,1H3,(H,42,44)(H3,39,41,45)/t23?,31-/m0/s1. The molecule has 2 amide bonds. The summed E-state index contributed by atoms with van der Waals surface area (Å²) in [7, 11) is 0. The predicted octanol–water partition coefficient (Wildman–Crippen LogP) is 6.02. The second kappa shape index (κ2) is 14.9. The first kappa shape index (κ1) is 33.1. The number of ether oxygens (including phenoxy) is 2. The van der Waals surface area contributed by atoms with Crippen LogP contribution >= 0.6 is 0 Å². The number of fused-ring (bicyclic) bond motifs is 1. The summed E-state index contributed by atoms with van der Waals surface area (Å²) in [5, 5.41) is 17.4. The Morgan fingerprint density at radius 3 is 2.49 bits per heavy atom. The van der Waals surface area contributed by atoms with E-state index in [0.717, 1.165) is 17.2 Å². The SMILES string of the molecule is CC(Cc1cccc(OCC(F)(F)c2cccc(NC(N)=O)c2)c1)NC[C@H](O)c1ccc(OCc2ccccc2)c2[nH]c(=O)ccc12. The molecule has 5 rings (SSSR count). The van der Waals surface area contributed by atoms with Crippen molar-refractivity contribution < 1.29 is 28.2 Å². The highest BCUT2D eigenvalue weighted by Crippen LogP contribution is 2.32. The van der Waals surface area contributed by atoms with E-state index >= 15 is 0 Å². The van der Waals surface area contributed by atoms with Gasteiger partial charge in [0.1, 0.15) is 18.1 Å². The Labute approximate surface area is 270 Å². The number of anilines is 1. The molecule has 1 unspecified atom stereocenters. The lowest BCUT2D eigenvalue weighted by atomic mass is 10.0. The number of aliphatic hydroxyl groups is 1. The van der Waals surface area contributed by atoms with Crippen LogP contribution in [0.4, 0.5) is 19.3 Å². The first-order chi connectivity index (χ1) is 22.6. The van der Waals surface area contributed by atoms with E-state index in [1.54, 1.807) is 36.4 Å². The van der Waals surface area contributed by atoms with E-state index in [-0.39, 0.29) is 35.1 Å². The van der Waals surface area contributed by atoms with Gasteiger partial charge < -0.3 is 35.9 Å². The fraction of sp³-hybridized carbons (Fsp3) is 0.222. The number of pyridine rings is 1. The second-order valence-corrected chi connectivity index (χ2v) is 11.3. The Bertz CT molecular complexity index is 1880. The summed E-state index contributed by atoms with van der Waals surface area (Å²) < 4.78 is 41.3. The van der Waals surface area contributed by atoms with Gasteiger partial charge in [0.05, 0.1) is 11.6 Å². The van der Waals surface area contributed by atoms with Crippen molar-refractivity contribution in [2.24, 2.45) is 5.73 Å². The molecule has 0 fully saturated rings. The van der Waals surface area contributed by atoms with Gasteiger partial charge in [-0.05, 0) is 66.4 Å². The number of aromatic nitrogens is 1. The van der Waals surface area contributed by atoms with Crippen molar-refractivity contribution in [1.29, 1.82) is 0 Å². The summed E-state index contributed by atoms with van der Waals surface area (Å²) in [6.07, 6.45) is -0.343. The van der Waals surface area contributed by atoms with Crippen LogP contribution < -0.4 is 31.4 Å². The number of halogens is 2. The molecule has 2 atom stereocenters. The van der Waals surface area contributed by atoms with Gasteiger partial charge in [0, 0.05) is 35.3 Å². The molecule has 47 heavy (non-hydrogen) atoms. The largest absolute Gasteiger partial charge is 0.487 e. The number of nitrogens with one attached hydrogen (secondary N) is 3. The fourth-order valence-corrected chi connectivity index (χ4v) is 5.23. The zero-order chi connectivity index (χ0) is 33.4. The molecule has 4 aromatic carbocycles. The number of benzene rings is 4. The maximum Gasteiger partial charge on any atom is 0.316 e. The number of carbonyl (C=O) groups is 1. The predicted molar refractivity (Wildman–Crippen MR) is 177 cm³/mol. The van der Waals surface area contributed by atoms with Crippen molar-refractivity contribution in [1.82, 2.24) is 10.3 Å². The average Bonchev–Trinajstić information content (AvgIpc) is 3.05. The van der Waals surface area contributed by atoms with Crippen LogP contribution in [0, 0.1) is 0 Å². The van der Waals surface area contributed by atoms with Gasteiger partial charge in [-0.15, -0.1) is 0 Å². The number of alkyl halides is 2. The van der Waals surface area contributed by atoms with Gasteiger partial charge in [0.25, 0.3) is 0 Å². The van der Waals surface area contributed by atoms with Crippen molar-refractivity contribution in [2.75, 3.05) is 18.5 Å². The van der Waals surface area contributed by atoms with Crippen LogP contribution in [0.1, 0.15) is 35.3 Å². The Kier molecular flexibility index (Phi) is 10.5. The molecule has 5 aromatic rings. The van der Waals surface area contributed by atoms with Crippen molar-refractivity contribution in [2.45, 2.75) is 38.0 Å². The van der Waals surface area contributed by atoms with E-state index in [4.69, 9.17) is 15.2 Å². The number of nitrogens with two attached hydrogens (primary N) is 1. The Morgan fingerprint density at radius 1 is 0.936 bits per heavy atom. The third-order valence-electron chi connectivity index (χ3n) is 7.56. The van der Waals surface area contributed by atoms with Gasteiger partial charge >= 0.3 is 12.0 Å². The molecule has 11 heteroatoms. The number of aliphatic hydroxyl groups excluding tert-OH is 1. The van der Waals surface area contributed by atoms with Crippen LogP contribution in [0.15, 0.2) is 108 Å². The number of H-pyrrole nitrogens is 1. The molecule has 6 N–H and O–H groups in total. The van der Waals surface area contributed by atoms with E-state index in [0.29, 0.717) is 35.2 Å². The number of rotatable bonds is 14. The smallest absolute Gasteiger partial charge is 0.316 e. The molecule has 0 aliphatic rings. The van der Waals surface area contributed by atoms with E-state index in [1.807, 2.05) is 43.3 Å². The average molecular weight is 643 g/mol. The van der Waals surface area contributed by atoms with Gasteiger partial charge in [0.15, 0.2) is 6.61 Å². The highest BCUT2D eigenvalue weighted by Gasteiger charge is 2.33. The summed E-state index contributed by atoms with van der Waals surface area (Å²) in [5.74, 6) is -2.53. The monoisotopic (exact) mass is 642 g/mol. The maximum absolute atomic E-state index is 14.9. The van der Waals surface area contributed by atoms with Crippen molar-refractivity contribution in [3.63, 3.8) is 0 Å². The first-order valence-electron chi connectivity index (χ1n) is 15.1. The molecule has 0 saturated heterocycles. The highest BCUT2D eigenvalue weighted by atomic mass is 19.3. The Hall–Kier alpha value is -5.26. The molecule has 0 bridgehead atoms. The van der Waals surface area contributed by atoms with E-state index in [9.17, 15) is 23.5 Å². The van der Waals surface area contributed by atoms with E-state index < -0.39 is 24.7 Å². The Morgan fingerprint density at radius 2 is 1.70 bits per heavy atom. The molecule has 244 valence electrons. The highest BCUT2D eigenvalue weighted by molar-refractivity contribution is 5.88. The summed E-state index contributed by atoms with van der Waals surface area (Å²) in [6.45, 7) is 1.61. The van der Waals surface area contributed by atoms with Gasteiger partial charge in [-0.1, -0.05) is 60.7 Å². The first-order valence-corrected chi connectivity index (χ1v) is 15.1. The summed E-state index contributed by atoms with van der Waals surface area (Å²) in [5.41, 5.74) is 7.65. The van der Waals surface area contributed by atoms with Crippen LogP contribution in [0.2, 0.25) is 0 Å². The van der Waals surface area contributed by atoms with Crippen molar-refractivity contribution >= 4 is 22.6 Å². The minimum absolute atomic E-state index is 0.0820. The van der Waals surface area contributed by atoms with E-state index in [2.05, 4.69) is 15.6 Å². The van der Waals surface area contributed by atoms with Crippen LogP contribution in [-0.4, -0.2) is 35.3 Å². The molecule has 0 spiro atoms. The fourth-order valence-electron chi connectivity index (χ4n) is 5.23. The lowest BCUT2D eigenvalue weighted by molar-refractivity contribution is -0.0467. The summed E-state index contributed by atoms with van der Waals surface area (Å²) in [4.78, 5) is 26.1. The minimum Gasteiger partial charge on any atom is -0.487 e. The summed E-state index contributed by atoms with van der Waals surface area (Å²) >= 11 is 0. The second-order valence-electron chi connectivity index (χ2n) is 11.3. The topological polar surface area (TPSA) is 139 Å². The molecule has 0 saturated carbocycles. The van der Waals surface area contributed by atoms with Crippen LogP contribution in [0.25, 0.3) is 10.9 Å².